The highest BCUT2D eigenvalue weighted by Gasteiger charge is 2.28. The number of rotatable bonds is 1. The van der Waals surface area contributed by atoms with Crippen LogP contribution in [0.4, 0.5) is 0 Å². The molecule has 0 aliphatic carbocycles. The van der Waals surface area contributed by atoms with Crippen LogP contribution in [0.2, 0.25) is 0 Å². The predicted molar refractivity (Wildman–Crippen MR) is 30.2 cm³/mol. The van der Waals surface area contributed by atoms with E-state index in [2.05, 4.69) is 0 Å². The molecule has 1 saturated heterocycles. The molecule has 0 unspecified atom stereocenters. The topological polar surface area (TPSA) is 46.3 Å². The summed E-state index contributed by atoms with van der Waals surface area (Å²) < 4.78 is 0. The predicted octanol–water partition coefficient (Wildman–Crippen LogP) is -0.824. The molecule has 1 fully saturated rings. The maximum Gasteiger partial charge on any atom is 0.234 e. The summed E-state index contributed by atoms with van der Waals surface area (Å²) in [6.07, 6.45) is 0.936. The number of nitrogens with two attached hydrogens (primary N) is 1. The Morgan fingerprint density at radius 1 is 1.88 bits per heavy atom. The second-order valence-corrected chi connectivity index (χ2v) is 2.19. The zero-order valence-electron chi connectivity index (χ0n) is 4.92. The average molecular weight is 114 g/mol. The fourth-order valence-corrected chi connectivity index (χ4v) is 0.876. The van der Waals surface area contributed by atoms with E-state index in [-0.39, 0.29) is 11.9 Å². The van der Waals surface area contributed by atoms with Gasteiger partial charge in [0.2, 0.25) is 5.91 Å². The van der Waals surface area contributed by atoms with E-state index in [0.29, 0.717) is 0 Å². The molecule has 0 aromatic carbocycles. The zero-order valence-corrected chi connectivity index (χ0v) is 4.92. The van der Waals surface area contributed by atoms with E-state index in [1.54, 1.807) is 0 Å². The lowest BCUT2D eigenvalue weighted by Crippen LogP contribution is -2.52. The van der Waals surface area contributed by atoms with Crippen LogP contribution in [0, 0.1) is 0 Å². The minimum Gasteiger partial charge on any atom is -0.368 e. The van der Waals surface area contributed by atoms with Gasteiger partial charge in [-0.2, -0.15) is 0 Å². The molecule has 1 amide bonds. The van der Waals surface area contributed by atoms with Gasteiger partial charge in [-0.1, -0.05) is 0 Å². The Morgan fingerprint density at radius 2 is 2.50 bits per heavy atom. The van der Waals surface area contributed by atoms with Gasteiger partial charge in [0.25, 0.3) is 0 Å². The van der Waals surface area contributed by atoms with Crippen molar-refractivity contribution in [3.8, 4) is 0 Å². The summed E-state index contributed by atoms with van der Waals surface area (Å²) in [5.74, 6) is -0.196. The summed E-state index contributed by atoms with van der Waals surface area (Å²) in [5, 5.41) is 0. The summed E-state index contributed by atoms with van der Waals surface area (Å²) in [6, 6.07) is 0.0231. The maximum atomic E-state index is 10.4. The Morgan fingerprint density at radius 3 is 2.50 bits per heavy atom. The molecule has 8 heavy (non-hydrogen) atoms. The Labute approximate surface area is 48.5 Å². The van der Waals surface area contributed by atoms with Gasteiger partial charge in [0, 0.05) is 6.54 Å². The number of hydrogen-bond acceptors (Lipinski definition) is 2. The molecule has 1 heterocycles. The first-order valence-corrected chi connectivity index (χ1v) is 2.71. The number of likely N-dealkylation sites (tertiary alicyclic amines) is 1. The van der Waals surface area contributed by atoms with E-state index in [9.17, 15) is 4.79 Å². The molecule has 1 aliphatic rings. The molecule has 0 aromatic heterocycles. The third kappa shape index (κ3) is 0.690. The molecule has 1 rings (SSSR count). The highest BCUT2D eigenvalue weighted by atomic mass is 16.1. The smallest absolute Gasteiger partial charge is 0.234 e. The Kier molecular flexibility index (Phi) is 1.21. The molecule has 0 radical (unpaired) electrons. The van der Waals surface area contributed by atoms with Crippen LogP contribution in [0.5, 0.6) is 0 Å². The van der Waals surface area contributed by atoms with Crippen molar-refractivity contribution in [2.75, 3.05) is 13.6 Å². The number of likely N-dealkylation sites (N-methyl/N-ethyl adjacent to an activating group) is 1. The molecule has 2 N–H and O–H groups in total. The lowest BCUT2D eigenvalue weighted by molar-refractivity contribution is -0.126. The second-order valence-electron chi connectivity index (χ2n) is 2.19. The van der Waals surface area contributed by atoms with Crippen LogP contribution in [0.15, 0.2) is 0 Å². The molecule has 0 bridgehead atoms. The Balaban J connectivity index is 2.37. The van der Waals surface area contributed by atoms with E-state index in [1.807, 2.05) is 11.9 Å². The van der Waals surface area contributed by atoms with E-state index in [4.69, 9.17) is 5.73 Å². The minimum absolute atomic E-state index is 0.0231. The number of amides is 1. The molecule has 0 aromatic rings. The van der Waals surface area contributed by atoms with Crippen LogP contribution in [0.3, 0.4) is 0 Å². The number of carbonyl (C=O) groups is 1. The van der Waals surface area contributed by atoms with Crippen molar-refractivity contribution in [1.29, 1.82) is 0 Å². The van der Waals surface area contributed by atoms with Gasteiger partial charge in [0.1, 0.15) is 0 Å². The third-order valence-electron chi connectivity index (χ3n) is 1.62. The van der Waals surface area contributed by atoms with Crippen molar-refractivity contribution in [3.63, 3.8) is 0 Å². The normalized spacial score (nSPS) is 29.4. The van der Waals surface area contributed by atoms with E-state index in [0.717, 1.165) is 13.0 Å². The van der Waals surface area contributed by atoms with E-state index >= 15 is 0 Å². The van der Waals surface area contributed by atoms with Crippen LogP contribution in [-0.2, 0) is 4.79 Å². The fraction of sp³-hybridized carbons (Fsp3) is 0.800. The number of primary amides is 1. The Bertz CT molecular complexity index is 113. The van der Waals surface area contributed by atoms with Crippen molar-refractivity contribution in [1.82, 2.24) is 4.90 Å². The van der Waals surface area contributed by atoms with Crippen LogP contribution in [0.1, 0.15) is 6.42 Å². The minimum atomic E-state index is -0.196. The standard InChI is InChI=1S/C5H10N2O/c1-7-3-2-4(7)5(6)8/h4H,2-3H2,1H3,(H2,6,8)/t4-/m0/s1. The largest absolute Gasteiger partial charge is 0.368 e. The summed E-state index contributed by atoms with van der Waals surface area (Å²) >= 11 is 0. The lowest BCUT2D eigenvalue weighted by Gasteiger charge is -2.34. The Hall–Kier alpha value is -0.570. The maximum absolute atomic E-state index is 10.4. The highest BCUT2D eigenvalue weighted by molar-refractivity contribution is 5.80. The molecule has 1 atom stereocenters. The van der Waals surface area contributed by atoms with Crippen LogP contribution in [0.25, 0.3) is 0 Å². The van der Waals surface area contributed by atoms with Gasteiger partial charge < -0.3 is 5.73 Å². The molecule has 1 aliphatic heterocycles. The van der Waals surface area contributed by atoms with Gasteiger partial charge in [-0.15, -0.1) is 0 Å². The molecule has 3 heteroatoms. The van der Waals surface area contributed by atoms with Gasteiger partial charge in [0.05, 0.1) is 6.04 Å². The van der Waals surface area contributed by atoms with Crippen molar-refractivity contribution in [2.24, 2.45) is 5.73 Å². The zero-order chi connectivity index (χ0) is 6.15. The fourth-order valence-electron chi connectivity index (χ4n) is 0.876. The van der Waals surface area contributed by atoms with Gasteiger partial charge in [0.15, 0.2) is 0 Å². The molecule has 3 nitrogen and oxygen atoms in total. The quantitative estimate of drug-likeness (QED) is 0.484. The monoisotopic (exact) mass is 114 g/mol. The summed E-state index contributed by atoms with van der Waals surface area (Å²) in [6.45, 7) is 1.01. The summed E-state index contributed by atoms with van der Waals surface area (Å²) in [4.78, 5) is 12.3. The molecular formula is C5H10N2O. The molecule has 0 spiro atoms. The van der Waals surface area contributed by atoms with Crippen molar-refractivity contribution < 1.29 is 4.79 Å². The molecule has 0 saturated carbocycles. The van der Waals surface area contributed by atoms with E-state index in [1.165, 1.54) is 0 Å². The van der Waals surface area contributed by atoms with Crippen molar-refractivity contribution in [3.05, 3.63) is 0 Å². The first-order chi connectivity index (χ1) is 3.72. The van der Waals surface area contributed by atoms with Crippen LogP contribution < -0.4 is 5.73 Å². The molecule has 46 valence electrons. The van der Waals surface area contributed by atoms with Crippen molar-refractivity contribution >= 4 is 5.91 Å². The third-order valence-corrected chi connectivity index (χ3v) is 1.62. The van der Waals surface area contributed by atoms with E-state index < -0.39 is 0 Å². The van der Waals surface area contributed by atoms with Gasteiger partial charge >= 0.3 is 0 Å². The first-order valence-electron chi connectivity index (χ1n) is 2.71. The SMILES string of the molecule is CN1CC[C@H]1C(N)=O. The summed E-state index contributed by atoms with van der Waals surface area (Å²) in [7, 11) is 1.90. The van der Waals surface area contributed by atoms with Gasteiger partial charge in [-0.05, 0) is 13.5 Å². The lowest BCUT2D eigenvalue weighted by atomic mass is 10.0. The molecular weight excluding hydrogens is 104 g/mol. The van der Waals surface area contributed by atoms with Crippen LogP contribution in [-0.4, -0.2) is 30.4 Å². The highest BCUT2D eigenvalue weighted by Crippen LogP contribution is 2.12. The van der Waals surface area contributed by atoms with Crippen molar-refractivity contribution in [2.45, 2.75) is 12.5 Å². The number of hydrogen-bond donors (Lipinski definition) is 1. The van der Waals surface area contributed by atoms with Gasteiger partial charge in [-0.3, -0.25) is 9.69 Å². The summed E-state index contributed by atoms with van der Waals surface area (Å²) in [5.41, 5.74) is 5.01. The van der Waals surface area contributed by atoms with Crippen LogP contribution >= 0.6 is 0 Å². The van der Waals surface area contributed by atoms with Gasteiger partial charge in [-0.25, -0.2) is 0 Å². The first kappa shape index (κ1) is 5.56. The number of nitrogens with zero attached hydrogens (tertiary/aromatic N) is 1. The number of carbonyl (C=O) groups excluding carboxylic acids is 1. The average Bonchev–Trinajstić information content (AvgIpc) is 1.61. The second kappa shape index (κ2) is 1.74.